The Bertz CT molecular complexity index is 501. The summed E-state index contributed by atoms with van der Waals surface area (Å²) in [5.74, 6) is 0.988. The van der Waals surface area contributed by atoms with Crippen LogP contribution in [0.15, 0.2) is 0 Å². The molecule has 0 spiro atoms. The molecule has 7 nitrogen and oxygen atoms in total. The standard InChI is InChI=1S/C16H27NO6S2/c1-9(19)17-11-12-13(22-15(2,3)21-12)16(8-18,23-14(11)20)7-10-24-5-4-6-25-10/h10-14,18,20H,4-8H2,1-3H3,(H,17,19)/t11-,12-,13-,14?,16-/m1/s1. The third kappa shape index (κ3) is 4.12. The van der Waals surface area contributed by atoms with Gasteiger partial charge in [-0.25, -0.2) is 0 Å². The normalized spacial score (nSPS) is 41.3. The molecule has 5 atom stereocenters. The van der Waals surface area contributed by atoms with Gasteiger partial charge in [0.1, 0.15) is 23.9 Å². The minimum absolute atomic E-state index is 0.262. The van der Waals surface area contributed by atoms with Gasteiger partial charge in [0.05, 0.1) is 11.2 Å². The molecule has 0 aromatic carbocycles. The van der Waals surface area contributed by atoms with Gasteiger partial charge in [0.15, 0.2) is 12.1 Å². The molecule has 3 rings (SSSR count). The van der Waals surface area contributed by atoms with E-state index in [0.717, 1.165) is 11.5 Å². The predicted molar refractivity (Wildman–Crippen MR) is 96.3 cm³/mol. The Morgan fingerprint density at radius 3 is 2.52 bits per heavy atom. The van der Waals surface area contributed by atoms with Crippen molar-refractivity contribution in [3.8, 4) is 0 Å². The van der Waals surface area contributed by atoms with Crippen LogP contribution >= 0.6 is 23.5 Å². The van der Waals surface area contributed by atoms with E-state index >= 15 is 0 Å². The molecule has 3 aliphatic rings. The maximum atomic E-state index is 11.5. The van der Waals surface area contributed by atoms with Gasteiger partial charge in [0, 0.05) is 13.3 Å². The molecule has 1 unspecified atom stereocenters. The molecule has 0 radical (unpaired) electrons. The molecule has 144 valence electrons. The number of carbonyl (C=O) groups is 1. The van der Waals surface area contributed by atoms with E-state index in [0.29, 0.717) is 6.42 Å². The highest BCUT2D eigenvalue weighted by molar-refractivity contribution is 8.17. The fraction of sp³-hybridized carbons (Fsp3) is 0.938. The molecule has 3 heterocycles. The van der Waals surface area contributed by atoms with Crippen LogP contribution in [0.4, 0.5) is 0 Å². The fourth-order valence-corrected chi connectivity index (χ4v) is 6.78. The van der Waals surface area contributed by atoms with Crippen LogP contribution in [-0.4, -0.2) is 74.7 Å². The van der Waals surface area contributed by atoms with Gasteiger partial charge in [-0.2, -0.15) is 0 Å². The second kappa shape index (κ2) is 7.53. The average molecular weight is 394 g/mol. The molecule has 3 N–H and O–H groups in total. The number of hydrogen-bond donors (Lipinski definition) is 3. The fourth-order valence-electron chi connectivity index (χ4n) is 3.68. The maximum absolute atomic E-state index is 11.5. The Morgan fingerprint density at radius 1 is 1.24 bits per heavy atom. The second-order valence-electron chi connectivity index (χ2n) is 7.21. The summed E-state index contributed by atoms with van der Waals surface area (Å²) in [7, 11) is 0. The van der Waals surface area contributed by atoms with E-state index < -0.39 is 35.9 Å². The number of hydrogen-bond acceptors (Lipinski definition) is 8. The molecule has 9 heteroatoms. The van der Waals surface area contributed by atoms with Crippen molar-refractivity contribution in [2.45, 2.75) is 74.1 Å². The summed E-state index contributed by atoms with van der Waals surface area (Å²) >= 11 is 3.68. The minimum atomic E-state index is -1.27. The van der Waals surface area contributed by atoms with E-state index in [1.165, 1.54) is 13.3 Å². The van der Waals surface area contributed by atoms with Gasteiger partial charge in [0.25, 0.3) is 0 Å². The summed E-state index contributed by atoms with van der Waals surface area (Å²) < 4.78 is 18.2. The first-order chi connectivity index (χ1) is 11.8. The van der Waals surface area contributed by atoms with Crippen molar-refractivity contribution < 1.29 is 29.2 Å². The van der Waals surface area contributed by atoms with Crippen molar-refractivity contribution >= 4 is 29.4 Å². The highest BCUT2D eigenvalue weighted by atomic mass is 32.2. The summed E-state index contributed by atoms with van der Waals surface area (Å²) in [4.78, 5) is 11.5. The molecule has 0 saturated carbocycles. The molecule has 1 amide bonds. The zero-order valence-electron chi connectivity index (χ0n) is 14.8. The molecule has 0 aromatic rings. The van der Waals surface area contributed by atoms with Gasteiger partial charge in [-0.1, -0.05) is 0 Å². The topological polar surface area (TPSA) is 97.3 Å². The summed E-state index contributed by atoms with van der Waals surface area (Å²) in [6.45, 7) is 4.67. The Labute approximate surface area is 156 Å². The quantitative estimate of drug-likeness (QED) is 0.642. The Morgan fingerprint density at radius 2 is 1.92 bits per heavy atom. The lowest BCUT2D eigenvalue weighted by Gasteiger charge is -2.48. The van der Waals surface area contributed by atoms with Crippen LogP contribution in [0.5, 0.6) is 0 Å². The molecule has 25 heavy (non-hydrogen) atoms. The summed E-state index contributed by atoms with van der Waals surface area (Å²) in [6.07, 6.45) is -0.716. The van der Waals surface area contributed by atoms with Gasteiger partial charge < -0.3 is 29.7 Å². The molecular weight excluding hydrogens is 366 g/mol. The number of amides is 1. The number of carbonyl (C=O) groups excluding carboxylic acids is 1. The van der Waals surface area contributed by atoms with Crippen molar-refractivity contribution in [1.82, 2.24) is 5.32 Å². The van der Waals surface area contributed by atoms with Gasteiger partial charge >= 0.3 is 0 Å². The Balaban J connectivity index is 1.86. The van der Waals surface area contributed by atoms with Gasteiger partial charge in [-0.05, 0) is 31.8 Å². The summed E-state index contributed by atoms with van der Waals surface area (Å²) in [5.41, 5.74) is -1.06. The van der Waals surface area contributed by atoms with E-state index in [9.17, 15) is 15.0 Å². The molecule has 3 aliphatic heterocycles. The van der Waals surface area contributed by atoms with Crippen molar-refractivity contribution in [1.29, 1.82) is 0 Å². The monoisotopic (exact) mass is 393 g/mol. The van der Waals surface area contributed by atoms with Crippen molar-refractivity contribution in [2.75, 3.05) is 18.1 Å². The first kappa shape index (κ1) is 19.7. The lowest BCUT2D eigenvalue weighted by atomic mass is 9.84. The minimum Gasteiger partial charge on any atom is -0.393 e. The number of ether oxygens (including phenoxy) is 3. The summed E-state index contributed by atoms with van der Waals surface area (Å²) in [5, 5.41) is 23.4. The highest BCUT2D eigenvalue weighted by Gasteiger charge is 2.62. The molecule has 3 fully saturated rings. The summed E-state index contributed by atoms with van der Waals surface area (Å²) in [6, 6.07) is -0.740. The lowest BCUT2D eigenvalue weighted by Crippen LogP contribution is -2.69. The van der Waals surface area contributed by atoms with Crippen LogP contribution in [-0.2, 0) is 19.0 Å². The van der Waals surface area contributed by atoms with Crippen molar-refractivity contribution in [3.63, 3.8) is 0 Å². The zero-order chi connectivity index (χ0) is 18.2. The van der Waals surface area contributed by atoms with Crippen LogP contribution in [0, 0.1) is 0 Å². The van der Waals surface area contributed by atoms with Crippen LogP contribution in [0.1, 0.15) is 33.6 Å². The smallest absolute Gasteiger partial charge is 0.217 e. The van der Waals surface area contributed by atoms with Crippen molar-refractivity contribution in [3.05, 3.63) is 0 Å². The second-order valence-corrected chi connectivity index (χ2v) is 10.1. The van der Waals surface area contributed by atoms with Crippen LogP contribution in [0.25, 0.3) is 0 Å². The highest BCUT2D eigenvalue weighted by Crippen LogP contribution is 2.47. The maximum Gasteiger partial charge on any atom is 0.217 e. The van der Waals surface area contributed by atoms with E-state index in [-0.39, 0.29) is 17.1 Å². The number of thioether (sulfide) groups is 2. The van der Waals surface area contributed by atoms with Gasteiger partial charge in [-0.15, -0.1) is 23.5 Å². The average Bonchev–Trinajstić information content (AvgIpc) is 2.88. The molecule has 0 bridgehead atoms. The van der Waals surface area contributed by atoms with E-state index in [1.807, 2.05) is 23.5 Å². The lowest BCUT2D eigenvalue weighted by molar-refractivity contribution is -0.283. The van der Waals surface area contributed by atoms with Gasteiger partial charge in [0.2, 0.25) is 5.91 Å². The number of aliphatic hydroxyl groups excluding tert-OH is 2. The van der Waals surface area contributed by atoms with Crippen LogP contribution in [0.3, 0.4) is 0 Å². The third-order valence-electron chi connectivity index (χ3n) is 4.71. The first-order valence-corrected chi connectivity index (χ1v) is 10.7. The van der Waals surface area contributed by atoms with E-state index in [2.05, 4.69) is 5.32 Å². The zero-order valence-corrected chi connectivity index (χ0v) is 16.4. The molecule has 0 aromatic heterocycles. The van der Waals surface area contributed by atoms with E-state index in [4.69, 9.17) is 14.2 Å². The number of nitrogens with one attached hydrogen (secondary N) is 1. The largest absolute Gasteiger partial charge is 0.393 e. The number of rotatable bonds is 4. The Kier molecular flexibility index (Phi) is 5.94. The van der Waals surface area contributed by atoms with Crippen molar-refractivity contribution in [2.24, 2.45) is 0 Å². The van der Waals surface area contributed by atoms with E-state index in [1.54, 1.807) is 13.8 Å². The third-order valence-corrected chi connectivity index (χ3v) is 7.65. The van der Waals surface area contributed by atoms with Gasteiger partial charge in [-0.3, -0.25) is 4.79 Å². The molecule has 3 saturated heterocycles. The van der Waals surface area contributed by atoms with Crippen LogP contribution in [0.2, 0.25) is 0 Å². The SMILES string of the molecule is CC(=O)N[C@H]1C(O)O[C@@](CO)(CC2SCCCS2)[C@@H]2OC(C)(C)O[C@@H]21. The number of fused-ring (bicyclic) bond motifs is 1. The first-order valence-electron chi connectivity index (χ1n) is 8.59. The number of aliphatic hydroxyl groups is 2. The predicted octanol–water partition coefficient (Wildman–Crippen LogP) is 0.677. The molecule has 0 aliphatic carbocycles. The Hall–Kier alpha value is -0.0300. The van der Waals surface area contributed by atoms with Crippen LogP contribution < -0.4 is 5.32 Å². The molecular formula is C16H27NO6S2.